The van der Waals surface area contributed by atoms with Crippen LogP contribution in [0.3, 0.4) is 0 Å². The number of carbonyl (C=O) groups is 1. The van der Waals surface area contributed by atoms with Gasteiger partial charge >= 0.3 is 12.1 Å². The van der Waals surface area contributed by atoms with Crippen LogP contribution in [0.5, 0.6) is 0 Å². The average Bonchev–Trinajstić information content (AvgIpc) is 2.60. The SMILES string of the molecule is C=C[C@H]1C(C)C(C(C)C)CC(=O)O[C@H]1/C(=C/C(=N)C(F)(F)F)NC. The fourth-order valence-corrected chi connectivity index (χ4v) is 3.19. The maximum absolute atomic E-state index is 12.7. The van der Waals surface area contributed by atoms with E-state index in [1.165, 1.54) is 7.05 Å². The fourth-order valence-electron chi connectivity index (χ4n) is 3.19. The molecule has 0 aliphatic carbocycles. The number of allylic oxidation sites excluding steroid dienone is 1. The minimum absolute atomic E-state index is 0.00392. The molecular formula is C17H25F3N2O2. The molecule has 4 nitrogen and oxygen atoms in total. The molecule has 2 unspecified atom stereocenters. The summed E-state index contributed by atoms with van der Waals surface area (Å²) in [5, 5.41) is 9.82. The molecule has 1 aliphatic rings. The summed E-state index contributed by atoms with van der Waals surface area (Å²) in [4.78, 5) is 12.1. The van der Waals surface area contributed by atoms with E-state index in [2.05, 4.69) is 11.9 Å². The lowest BCUT2D eigenvalue weighted by atomic mass is 9.74. The molecule has 1 aliphatic heterocycles. The van der Waals surface area contributed by atoms with Crippen molar-refractivity contribution in [1.82, 2.24) is 5.32 Å². The van der Waals surface area contributed by atoms with Crippen LogP contribution in [0, 0.1) is 29.1 Å². The average molecular weight is 346 g/mol. The van der Waals surface area contributed by atoms with Crippen molar-refractivity contribution in [2.24, 2.45) is 23.7 Å². The van der Waals surface area contributed by atoms with Crippen LogP contribution in [0.15, 0.2) is 24.4 Å². The molecule has 0 amide bonds. The van der Waals surface area contributed by atoms with E-state index in [-0.39, 0.29) is 35.8 Å². The number of carbonyl (C=O) groups excluding carboxylic acids is 1. The van der Waals surface area contributed by atoms with E-state index < -0.39 is 24.0 Å². The minimum atomic E-state index is -4.76. The van der Waals surface area contributed by atoms with Gasteiger partial charge in [-0.2, -0.15) is 13.2 Å². The van der Waals surface area contributed by atoms with Gasteiger partial charge in [0.1, 0.15) is 11.8 Å². The zero-order valence-corrected chi connectivity index (χ0v) is 14.4. The molecule has 0 saturated carbocycles. The van der Waals surface area contributed by atoms with Gasteiger partial charge in [0.2, 0.25) is 0 Å². The molecule has 7 heteroatoms. The summed E-state index contributed by atoms with van der Waals surface area (Å²) in [6.07, 6.45) is -3.16. The second kappa shape index (κ2) is 7.85. The van der Waals surface area contributed by atoms with E-state index in [4.69, 9.17) is 10.1 Å². The summed E-state index contributed by atoms with van der Waals surface area (Å²) >= 11 is 0. The molecule has 0 radical (unpaired) electrons. The molecule has 24 heavy (non-hydrogen) atoms. The largest absolute Gasteiger partial charge is 0.455 e. The van der Waals surface area contributed by atoms with Crippen molar-refractivity contribution in [2.75, 3.05) is 7.05 Å². The van der Waals surface area contributed by atoms with Gasteiger partial charge in [-0.05, 0) is 23.8 Å². The standard InChI is InChI=1S/C17H25F3N2O2/c1-6-11-10(4)12(9(2)3)7-15(23)24-16(11)13(22-5)8-14(21)17(18,19)20/h6,8-12,16,21-22H,1,7H2,2-5H3/b13-8-,21-14?/t10?,11-,12?,16+/m0/s1. The molecule has 1 rings (SSSR count). The van der Waals surface area contributed by atoms with Crippen LogP contribution in [-0.4, -0.2) is 31.0 Å². The Balaban J connectivity index is 3.27. The second-order valence-corrected chi connectivity index (χ2v) is 6.46. The maximum atomic E-state index is 12.7. The summed E-state index contributed by atoms with van der Waals surface area (Å²) < 4.78 is 43.4. The van der Waals surface area contributed by atoms with E-state index in [9.17, 15) is 18.0 Å². The first-order valence-corrected chi connectivity index (χ1v) is 7.90. The Bertz CT molecular complexity index is 526. The second-order valence-electron chi connectivity index (χ2n) is 6.46. The first-order chi connectivity index (χ1) is 11.0. The lowest BCUT2D eigenvalue weighted by Gasteiger charge is -2.32. The Morgan fingerprint density at radius 1 is 1.46 bits per heavy atom. The van der Waals surface area contributed by atoms with Crippen molar-refractivity contribution in [1.29, 1.82) is 5.41 Å². The van der Waals surface area contributed by atoms with Gasteiger partial charge in [0.05, 0.1) is 5.70 Å². The van der Waals surface area contributed by atoms with Crippen molar-refractivity contribution in [2.45, 2.75) is 39.5 Å². The molecule has 0 aromatic rings. The van der Waals surface area contributed by atoms with Gasteiger partial charge in [-0.25, -0.2) is 0 Å². The first kappa shape index (κ1) is 20.3. The Hall–Kier alpha value is -1.79. The Labute approximate surface area is 140 Å². The summed E-state index contributed by atoms with van der Waals surface area (Å²) in [7, 11) is 1.44. The molecule has 1 heterocycles. The van der Waals surface area contributed by atoms with Crippen LogP contribution in [0.4, 0.5) is 13.2 Å². The third-order valence-corrected chi connectivity index (χ3v) is 4.62. The van der Waals surface area contributed by atoms with E-state index in [0.717, 1.165) is 0 Å². The molecule has 1 saturated heterocycles. The number of ether oxygens (including phenoxy) is 1. The molecule has 0 aromatic carbocycles. The van der Waals surface area contributed by atoms with Crippen molar-refractivity contribution in [3.8, 4) is 0 Å². The minimum Gasteiger partial charge on any atom is -0.455 e. The summed E-state index contributed by atoms with van der Waals surface area (Å²) in [5.74, 6) is -0.524. The van der Waals surface area contributed by atoms with Gasteiger partial charge in [0.15, 0.2) is 0 Å². The van der Waals surface area contributed by atoms with Crippen LogP contribution in [0.2, 0.25) is 0 Å². The van der Waals surface area contributed by atoms with Crippen molar-refractivity contribution in [3.05, 3.63) is 24.4 Å². The summed E-state index contributed by atoms with van der Waals surface area (Å²) in [6, 6.07) is 0. The van der Waals surface area contributed by atoms with Crippen LogP contribution >= 0.6 is 0 Å². The number of rotatable bonds is 5. The van der Waals surface area contributed by atoms with Gasteiger partial charge in [0.25, 0.3) is 0 Å². The number of likely N-dealkylation sites (N-methyl/N-ethyl adjacent to an activating group) is 1. The molecule has 0 aromatic heterocycles. The predicted molar refractivity (Wildman–Crippen MR) is 86.6 cm³/mol. The molecule has 0 bridgehead atoms. The number of esters is 1. The topological polar surface area (TPSA) is 62.2 Å². The molecule has 2 N–H and O–H groups in total. The van der Waals surface area contributed by atoms with Gasteiger partial charge in [0, 0.05) is 19.4 Å². The third-order valence-electron chi connectivity index (χ3n) is 4.62. The smallest absolute Gasteiger partial charge is 0.432 e. The monoisotopic (exact) mass is 346 g/mol. The molecule has 0 spiro atoms. The molecular weight excluding hydrogens is 321 g/mol. The van der Waals surface area contributed by atoms with Gasteiger partial charge < -0.3 is 10.1 Å². The highest BCUT2D eigenvalue weighted by molar-refractivity contribution is 5.97. The predicted octanol–water partition coefficient (Wildman–Crippen LogP) is 3.70. The van der Waals surface area contributed by atoms with Gasteiger partial charge in [-0.1, -0.05) is 26.8 Å². The lowest BCUT2D eigenvalue weighted by Crippen LogP contribution is -2.36. The van der Waals surface area contributed by atoms with E-state index >= 15 is 0 Å². The van der Waals surface area contributed by atoms with Crippen LogP contribution in [0.1, 0.15) is 27.2 Å². The molecule has 136 valence electrons. The van der Waals surface area contributed by atoms with Crippen LogP contribution < -0.4 is 5.32 Å². The Morgan fingerprint density at radius 3 is 2.46 bits per heavy atom. The highest BCUT2D eigenvalue weighted by Gasteiger charge is 2.41. The number of hydrogen-bond acceptors (Lipinski definition) is 4. The lowest BCUT2D eigenvalue weighted by molar-refractivity contribution is -0.148. The highest BCUT2D eigenvalue weighted by atomic mass is 19.4. The fraction of sp³-hybridized carbons (Fsp3) is 0.647. The Kier molecular flexibility index (Phi) is 6.63. The van der Waals surface area contributed by atoms with Crippen LogP contribution in [0.25, 0.3) is 0 Å². The Morgan fingerprint density at radius 2 is 2.04 bits per heavy atom. The summed E-state index contributed by atoms with van der Waals surface area (Å²) in [6.45, 7) is 9.73. The summed E-state index contributed by atoms with van der Waals surface area (Å²) in [5.41, 5.74) is -1.45. The zero-order chi connectivity index (χ0) is 18.7. The van der Waals surface area contributed by atoms with Gasteiger partial charge in [-0.15, -0.1) is 6.58 Å². The number of halogens is 3. The van der Waals surface area contributed by atoms with Crippen LogP contribution in [-0.2, 0) is 9.53 Å². The van der Waals surface area contributed by atoms with E-state index in [1.807, 2.05) is 20.8 Å². The first-order valence-electron chi connectivity index (χ1n) is 7.90. The van der Waals surface area contributed by atoms with Crippen molar-refractivity contribution >= 4 is 11.7 Å². The van der Waals surface area contributed by atoms with Crippen molar-refractivity contribution < 1.29 is 22.7 Å². The van der Waals surface area contributed by atoms with Gasteiger partial charge in [-0.3, -0.25) is 10.2 Å². The maximum Gasteiger partial charge on any atom is 0.432 e. The van der Waals surface area contributed by atoms with E-state index in [0.29, 0.717) is 6.08 Å². The number of nitrogens with one attached hydrogen (secondary N) is 2. The van der Waals surface area contributed by atoms with Crippen molar-refractivity contribution in [3.63, 3.8) is 0 Å². The number of hydrogen-bond donors (Lipinski definition) is 2. The highest BCUT2D eigenvalue weighted by Crippen LogP contribution is 2.38. The quantitative estimate of drug-likeness (QED) is 0.453. The molecule has 1 fully saturated rings. The number of cyclic esters (lactones) is 1. The zero-order valence-electron chi connectivity index (χ0n) is 14.4. The number of alkyl halides is 3. The normalized spacial score (nSPS) is 29.0. The van der Waals surface area contributed by atoms with E-state index in [1.54, 1.807) is 6.08 Å². The molecule has 4 atom stereocenters. The third kappa shape index (κ3) is 4.61.